The Labute approximate surface area is 161 Å². The molecule has 1 saturated heterocycles. The standard InChI is InChI=1S/C21H22F3NO3/c22-21(23,24)17-8-6-15(7-9-17)18(26)14-25-19(27)20(10-12-28-13-11-20)16-4-2-1-3-5-16/h1-9,18,26H,10-14H2,(H,25,27)/t18-/m1/s1. The first kappa shape index (κ1) is 20.4. The average molecular weight is 393 g/mol. The molecule has 1 fully saturated rings. The molecule has 2 aromatic rings. The summed E-state index contributed by atoms with van der Waals surface area (Å²) in [4.78, 5) is 13.0. The minimum atomic E-state index is -4.43. The zero-order valence-electron chi connectivity index (χ0n) is 15.2. The van der Waals surface area contributed by atoms with E-state index in [-0.39, 0.29) is 12.5 Å². The third-order valence-electron chi connectivity index (χ3n) is 5.19. The molecule has 1 aliphatic rings. The van der Waals surface area contributed by atoms with Gasteiger partial charge in [-0.15, -0.1) is 0 Å². The van der Waals surface area contributed by atoms with Crippen LogP contribution in [0.4, 0.5) is 13.2 Å². The number of benzene rings is 2. The van der Waals surface area contributed by atoms with Crippen LogP contribution in [0.3, 0.4) is 0 Å². The van der Waals surface area contributed by atoms with Crippen LogP contribution in [0.1, 0.15) is 35.6 Å². The number of ether oxygens (including phenoxy) is 1. The molecule has 1 atom stereocenters. The van der Waals surface area contributed by atoms with Crippen molar-refractivity contribution >= 4 is 5.91 Å². The first-order valence-corrected chi connectivity index (χ1v) is 9.10. The number of carbonyl (C=O) groups is 1. The van der Waals surface area contributed by atoms with Gasteiger partial charge in [0.05, 0.1) is 17.1 Å². The summed E-state index contributed by atoms with van der Waals surface area (Å²) in [6.07, 6.45) is -4.47. The van der Waals surface area contributed by atoms with Crippen molar-refractivity contribution in [3.8, 4) is 0 Å². The monoisotopic (exact) mass is 393 g/mol. The molecule has 0 spiro atoms. The third kappa shape index (κ3) is 4.36. The second-order valence-corrected chi connectivity index (χ2v) is 6.91. The van der Waals surface area contributed by atoms with Crippen molar-refractivity contribution in [1.82, 2.24) is 5.32 Å². The SMILES string of the molecule is O=C(NC[C@@H](O)c1ccc(C(F)(F)F)cc1)C1(c2ccccc2)CCOCC1. The van der Waals surface area contributed by atoms with Crippen LogP contribution in [0, 0.1) is 0 Å². The summed E-state index contributed by atoms with van der Waals surface area (Å²) >= 11 is 0. The first-order valence-electron chi connectivity index (χ1n) is 9.10. The molecule has 2 aromatic carbocycles. The number of rotatable bonds is 5. The van der Waals surface area contributed by atoms with E-state index >= 15 is 0 Å². The quantitative estimate of drug-likeness (QED) is 0.816. The van der Waals surface area contributed by atoms with Crippen molar-refractivity contribution in [3.05, 3.63) is 71.3 Å². The van der Waals surface area contributed by atoms with E-state index in [1.807, 2.05) is 30.3 Å². The summed E-state index contributed by atoms with van der Waals surface area (Å²) in [6.45, 7) is 0.840. The predicted octanol–water partition coefficient (Wildman–Crippen LogP) is 3.60. The molecule has 2 N–H and O–H groups in total. The number of nitrogens with one attached hydrogen (secondary N) is 1. The molecule has 1 amide bonds. The lowest BCUT2D eigenvalue weighted by atomic mass is 9.73. The van der Waals surface area contributed by atoms with E-state index < -0.39 is 23.3 Å². The topological polar surface area (TPSA) is 58.6 Å². The fourth-order valence-electron chi connectivity index (χ4n) is 3.49. The van der Waals surface area contributed by atoms with Gasteiger partial charge in [-0.05, 0) is 36.1 Å². The van der Waals surface area contributed by atoms with Crippen LogP contribution < -0.4 is 5.32 Å². The molecule has 1 aliphatic heterocycles. The Bertz CT molecular complexity index is 785. The van der Waals surface area contributed by atoms with Gasteiger partial charge in [0, 0.05) is 19.8 Å². The number of carbonyl (C=O) groups excluding carboxylic acids is 1. The highest BCUT2D eigenvalue weighted by atomic mass is 19.4. The van der Waals surface area contributed by atoms with Gasteiger partial charge in [0.1, 0.15) is 0 Å². The van der Waals surface area contributed by atoms with Gasteiger partial charge >= 0.3 is 6.18 Å². The summed E-state index contributed by atoms with van der Waals surface area (Å²) in [5.41, 5.74) is -0.314. The number of amides is 1. The normalized spacial score (nSPS) is 17.7. The van der Waals surface area contributed by atoms with E-state index in [2.05, 4.69) is 5.32 Å². The molecular formula is C21H22F3NO3. The lowest BCUT2D eigenvalue weighted by Gasteiger charge is -2.36. The molecule has 28 heavy (non-hydrogen) atoms. The molecule has 0 radical (unpaired) electrons. The van der Waals surface area contributed by atoms with Gasteiger partial charge in [-0.25, -0.2) is 0 Å². The number of halogens is 3. The summed E-state index contributed by atoms with van der Waals surface area (Å²) in [6, 6.07) is 13.7. The Morgan fingerprint density at radius 3 is 2.25 bits per heavy atom. The van der Waals surface area contributed by atoms with Gasteiger partial charge in [0.2, 0.25) is 5.91 Å². The Kier molecular flexibility index (Phi) is 6.05. The molecule has 7 heteroatoms. The van der Waals surface area contributed by atoms with Crippen molar-refractivity contribution in [2.45, 2.75) is 30.5 Å². The Hall–Kier alpha value is -2.38. The molecule has 0 aliphatic carbocycles. The molecule has 150 valence electrons. The van der Waals surface area contributed by atoms with Crippen molar-refractivity contribution in [2.24, 2.45) is 0 Å². The average Bonchev–Trinajstić information content (AvgIpc) is 2.72. The van der Waals surface area contributed by atoms with E-state index in [9.17, 15) is 23.1 Å². The van der Waals surface area contributed by atoms with Crippen molar-refractivity contribution in [3.63, 3.8) is 0 Å². The lowest BCUT2D eigenvalue weighted by molar-refractivity contribution is -0.137. The van der Waals surface area contributed by atoms with Gasteiger partial charge in [0.25, 0.3) is 0 Å². The zero-order valence-corrected chi connectivity index (χ0v) is 15.2. The van der Waals surface area contributed by atoms with Gasteiger partial charge in [-0.2, -0.15) is 13.2 Å². The van der Waals surface area contributed by atoms with Gasteiger partial charge < -0.3 is 15.2 Å². The molecule has 0 bridgehead atoms. The minimum Gasteiger partial charge on any atom is -0.387 e. The van der Waals surface area contributed by atoms with Crippen LogP contribution in [0.25, 0.3) is 0 Å². The van der Waals surface area contributed by atoms with Gasteiger partial charge in [-0.1, -0.05) is 42.5 Å². The Morgan fingerprint density at radius 2 is 1.68 bits per heavy atom. The molecule has 4 nitrogen and oxygen atoms in total. The number of aliphatic hydroxyl groups excluding tert-OH is 1. The van der Waals surface area contributed by atoms with Crippen LogP contribution in [0.5, 0.6) is 0 Å². The second-order valence-electron chi connectivity index (χ2n) is 6.91. The van der Waals surface area contributed by atoms with Crippen LogP contribution >= 0.6 is 0 Å². The van der Waals surface area contributed by atoms with Crippen LogP contribution in [0.15, 0.2) is 54.6 Å². The number of hydrogen-bond donors (Lipinski definition) is 2. The first-order chi connectivity index (χ1) is 13.3. The summed E-state index contributed by atoms with van der Waals surface area (Å²) < 4.78 is 43.4. The maximum Gasteiger partial charge on any atom is 0.416 e. The largest absolute Gasteiger partial charge is 0.416 e. The fraction of sp³-hybridized carbons (Fsp3) is 0.381. The van der Waals surface area contributed by atoms with Crippen molar-refractivity contribution < 1.29 is 27.8 Å². The summed E-state index contributed by atoms with van der Waals surface area (Å²) in [7, 11) is 0. The molecular weight excluding hydrogens is 371 g/mol. The van der Waals surface area contributed by atoms with Crippen LogP contribution in [0.2, 0.25) is 0 Å². The highest BCUT2D eigenvalue weighted by Crippen LogP contribution is 2.35. The van der Waals surface area contributed by atoms with E-state index in [1.165, 1.54) is 12.1 Å². The Morgan fingerprint density at radius 1 is 1.07 bits per heavy atom. The summed E-state index contributed by atoms with van der Waals surface area (Å²) in [5.74, 6) is -0.215. The number of alkyl halides is 3. The maximum absolute atomic E-state index is 13.0. The third-order valence-corrected chi connectivity index (χ3v) is 5.19. The zero-order chi connectivity index (χ0) is 20.2. The van der Waals surface area contributed by atoms with E-state index in [4.69, 9.17) is 4.74 Å². The van der Waals surface area contributed by atoms with Crippen LogP contribution in [-0.2, 0) is 21.1 Å². The van der Waals surface area contributed by atoms with Crippen molar-refractivity contribution in [1.29, 1.82) is 0 Å². The number of aliphatic hydroxyl groups is 1. The highest BCUT2D eigenvalue weighted by Gasteiger charge is 2.41. The minimum absolute atomic E-state index is 0.0837. The van der Waals surface area contributed by atoms with Crippen molar-refractivity contribution in [2.75, 3.05) is 19.8 Å². The van der Waals surface area contributed by atoms with E-state index in [0.29, 0.717) is 31.6 Å². The predicted molar refractivity (Wildman–Crippen MR) is 97.6 cm³/mol. The highest BCUT2D eigenvalue weighted by molar-refractivity contribution is 5.88. The van der Waals surface area contributed by atoms with Crippen LogP contribution in [-0.4, -0.2) is 30.8 Å². The number of hydrogen-bond acceptors (Lipinski definition) is 3. The molecule has 0 aromatic heterocycles. The van der Waals surface area contributed by atoms with E-state index in [0.717, 1.165) is 17.7 Å². The lowest BCUT2D eigenvalue weighted by Crippen LogP contribution is -2.48. The van der Waals surface area contributed by atoms with Gasteiger partial charge in [0.15, 0.2) is 0 Å². The smallest absolute Gasteiger partial charge is 0.387 e. The Balaban J connectivity index is 1.69. The maximum atomic E-state index is 13.0. The van der Waals surface area contributed by atoms with Gasteiger partial charge in [-0.3, -0.25) is 4.79 Å². The molecule has 0 unspecified atom stereocenters. The molecule has 0 saturated carbocycles. The summed E-state index contributed by atoms with van der Waals surface area (Å²) in [5, 5.41) is 13.1. The molecule has 3 rings (SSSR count). The second kappa shape index (κ2) is 8.32. The molecule has 1 heterocycles. The van der Waals surface area contributed by atoms with E-state index in [1.54, 1.807) is 0 Å². The fourth-order valence-corrected chi connectivity index (χ4v) is 3.49.